The van der Waals surface area contributed by atoms with E-state index in [0.717, 1.165) is 28.7 Å². The fourth-order valence-electron chi connectivity index (χ4n) is 3.47. The van der Waals surface area contributed by atoms with Crippen molar-refractivity contribution in [3.63, 3.8) is 0 Å². The van der Waals surface area contributed by atoms with Crippen LogP contribution in [-0.2, 0) is 19.4 Å². The molecule has 0 bridgehead atoms. The van der Waals surface area contributed by atoms with Gasteiger partial charge >= 0.3 is 0 Å². The number of ether oxygens (including phenoxy) is 1. The van der Waals surface area contributed by atoms with Crippen LogP contribution < -0.4 is 4.74 Å². The molecule has 8 nitrogen and oxygen atoms in total. The second kappa shape index (κ2) is 6.27. The Bertz CT molecular complexity index is 1170. The van der Waals surface area contributed by atoms with E-state index in [-0.39, 0.29) is 12.3 Å². The summed E-state index contributed by atoms with van der Waals surface area (Å²) in [4.78, 5) is 21.9. The zero-order valence-electron chi connectivity index (χ0n) is 14.3. The summed E-state index contributed by atoms with van der Waals surface area (Å²) in [6, 6.07) is 5.97. The highest BCUT2D eigenvalue weighted by Gasteiger charge is 2.20. The molecular weight excluding hydrogens is 366 g/mol. The van der Waals surface area contributed by atoms with Gasteiger partial charge in [0.05, 0.1) is 10.3 Å². The number of aromatic nitrogens is 4. The van der Waals surface area contributed by atoms with Crippen molar-refractivity contribution >= 4 is 32.9 Å². The van der Waals surface area contributed by atoms with Crippen LogP contribution in [0.25, 0.3) is 15.9 Å². The zero-order chi connectivity index (χ0) is 18.4. The van der Waals surface area contributed by atoms with Gasteiger partial charge in [-0.2, -0.15) is 0 Å². The molecule has 0 saturated carbocycles. The minimum Gasteiger partial charge on any atom is -0.486 e. The number of hydrogen-bond acceptors (Lipinski definition) is 7. The summed E-state index contributed by atoms with van der Waals surface area (Å²) in [6.45, 7) is 0.188. The van der Waals surface area contributed by atoms with Gasteiger partial charge in [0.1, 0.15) is 23.5 Å². The monoisotopic (exact) mass is 381 g/mol. The van der Waals surface area contributed by atoms with E-state index in [1.54, 1.807) is 34.3 Å². The van der Waals surface area contributed by atoms with E-state index in [2.05, 4.69) is 15.1 Å². The number of thiophene rings is 1. The zero-order valence-corrected chi connectivity index (χ0v) is 15.1. The maximum atomic E-state index is 10.7. The number of nitro benzene ring substituents is 1. The summed E-state index contributed by atoms with van der Waals surface area (Å²) in [5.74, 6) is 1.09. The molecule has 0 atom stereocenters. The Hall–Kier alpha value is -3.07. The average Bonchev–Trinajstić information content (AvgIpc) is 3.27. The SMILES string of the molecule is O=[N+]([O-])c1ccc(OCc2nc3c4c5c(sc4ncn3n2)CCCC5)cc1. The molecule has 1 aromatic carbocycles. The van der Waals surface area contributed by atoms with Crippen LogP contribution in [0.3, 0.4) is 0 Å². The third-order valence-corrected chi connectivity index (χ3v) is 5.95. The number of hydrogen-bond donors (Lipinski definition) is 0. The first kappa shape index (κ1) is 16.1. The highest BCUT2D eigenvalue weighted by atomic mass is 32.1. The van der Waals surface area contributed by atoms with Crippen LogP contribution in [0.2, 0.25) is 0 Å². The van der Waals surface area contributed by atoms with Crippen molar-refractivity contribution in [2.24, 2.45) is 0 Å². The molecule has 0 N–H and O–H groups in total. The van der Waals surface area contributed by atoms with Crippen molar-refractivity contribution in [3.05, 3.63) is 57.0 Å². The Labute approximate surface area is 157 Å². The number of fused-ring (bicyclic) bond motifs is 5. The molecule has 0 radical (unpaired) electrons. The molecule has 4 aromatic rings. The first-order valence-electron chi connectivity index (χ1n) is 8.71. The predicted octanol–water partition coefficient (Wildman–Crippen LogP) is 3.71. The molecule has 27 heavy (non-hydrogen) atoms. The second-order valence-electron chi connectivity index (χ2n) is 6.47. The van der Waals surface area contributed by atoms with Crippen molar-refractivity contribution in [1.29, 1.82) is 0 Å². The molecule has 136 valence electrons. The maximum absolute atomic E-state index is 10.7. The summed E-state index contributed by atoms with van der Waals surface area (Å²) in [7, 11) is 0. The summed E-state index contributed by atoms with van der Waals surface area (Å²) in [6.07, 6.45) is 6.31. The Morgan fingerprint density at radius 2 is 2.04 bits per heavy atom. The molecule has 1 aliphatic rings. The molecule has 0 amide bonds. The van der Waals surface area contributed by atoms with Crippen LogP contribution in [0, 0.1) is 10.1 Å². The number of benzene rings is 1. The van der Waals surface area contributed by atoms with E-state index in [1.807, 2.05) is 0 Å². The lowest BCUT2D eigenvalue weighted by atomic mass is 9.97. The van der Waals surface area contributed by atoms with Gasteiger partial charge in [-0.05, 0) is 43.4 Å². The largest absolute Gasteiger partial charge is 0.486 e. The lowest BCUT2D eigenvalue weighted by molar-refractivity contribution is -0.384. The van der Waals surface area contributed by atoms with E-state index in [1.165, 1.54) is 35.4 Å². The van der Waals surface area contributed by atoms with Crippen LogP contribution in [0.4, 0.5) is 5.69 Å². The number of nitrogens with zero attached hydrogens (tertiary/aromatic N) is 5. The Morgan fingerprint density at radius 1 is 1.22 bits per heavy atom. The van der Waals surface area contributed by atoms with Crippen molar-refractivity contribution in [2.45, 2.75) is 32.3 Å². The van der Waals surface area contributed by atoms with Gasteiger partial charge in [-0.1, -0.05) is 0 Å². The normalized spacial score (nSPS) is 13.8. The Balaban J connectivity index is 1.45. The summed E-state index contributed by atoms with van der Waals surface area (Å²) in [5, 5.41) is 16.3. The first-order chi connectivity index (χ1) is 13.2. The standard InChI is InChI=1S/C18H15N5O3S/c24-23(25)11-5-7-12(8-6-11)26-9-15-20-17-16-13-3-1-2-4-14(13)27-18(16)19-10-22(17)21-15/h5-8,10H,1-4,9H2. The van der Waals surface area contributed by atoms with E-state index in [9.17, 15) is 10.1 Å². The number of nitro groups is 1. The van der Waals surface area contributed by atoms with Gasteiger partial charge in [0.15, 0.2) is 11.5 Å². The summed E-state index contributed by atoms with van der Waals surface area (Å²) < 4.78 is 7.39. The summed E-state index contributed by atoms with van der Waals surface area (Å²) >= 11 is 1.76. The van der Waals surface area contributed by atoms with Crippen LogP contribution >= 0.6 is 11.3 Å². The van der Waals surface area contributed by atoms with Crippen LogP contribution in [0.15, 0.2) is 30.6 Å². The van der Waals surface area contributed by atoms with E-state index < -0.39 is 4.92 Å². The number of non-ortho nitro benzene ring substituents is 1. The fourth-order valence-corrected chi connectivity index (χ4v) is 4.70. The van der Waals surface area contributed by atoms with Gasteiger partial charge < -0.3 is 4.74 Å². The fraction of sp³-hybridized carbons (Fsp3) is 0.278. The van der Waals surface area contributed by atoms with Gasteiger partial charge in [0.25, 0.3) is 5.69 Å². The minimum atomic E-state index is -0.437. The quantitative estimate of drug-likeness (QED) is 0.395. The first-order valence-corrected chi connectivity index (χ1v) is 9.52. The second-order valence-corrected chi connectivity index (χ2v) is 7.56. The Morgan fingerprint density at radius 3 is 2.85 bits per heavy atom. The molecule has 9 heteroatoms. The molecule has 3 aromatic heterocycles. The summed E-state index contributed by atoms with van der Waals surface area (Å²) in [5.41, 5.74) is 2.22. The topological polar surface area (TPSA) is 95.5 Å². The lowest BCUT2D eigenvalue weighted by Crippen LogP contribution is -1.99. The molecule has 5 rings (SSSR count). The minimum absolute atomic E-state index is 0.0314. The number of aryl methyl sites for hydroxylation is 2. The van der Waals surface area contributed by atoms with Crippen LogP contribution in [0.5, 0.6) is 5.75 Å². The maximum Gasteiger partial charge on any atom is 0.269 e. The van der Waals surface area contributed by atoms with Crippen molar-refractivity contribution < 1.29 is 9.66 Å². The van der Waals surface area contributed by atoms with Gasteiger partial charge in [-0.25, -0.2) is 14.5 Å². The van der Waals surface area contributed by atoms with E-state index in [4.69, 9.17) is 4.74 Å². The lowest BCUT2D eigenvalue weighted by Gasteiger charge is -2.09. The molecule has 0 unspecified atom stereocenters. The van der Waals surface area contributed by atoms with Crippen molar-refractivity contribution in [2.75, 3.05) is 0 Å². The molecular formula is C18H15N5O3S. The molecule has 0 fully saturated rings. The third-order valence-electron chi connectivity index (χ3n) is 4.75. The third kappa shape index (κ3) is 2.80. The molecule has 0 aliphatic heterocycles. The van der Waals surface area contributed by atoms with Crippen molar-refractivity contribution in [3.8, 4) is 5.75 Å². The van der Waals surface area contributed by atoms with Gasteiger partial charge in [0, 0.05) is 17.0 Å². The number of rotatable bonds is 4. The molecule has 3 heterocycles. The highest BCUT2D eigenvalue weighted by Crippen LogP contribution is 2.36. The van der Waals surface area contributed by atoms with Crippen LogP contribution in [0.1, 0.15) is 29.1 Å². The van der Waals surface area contributed by atoms with Gasteiger partial charge in [-0.3, -0.25) is 10.1 Å². The van der Waals surface area contributed by atoms with Gasteiger partial charge in [0.2, 0.25) is 0 Å². The van der Waals surface area contributed by atoms with Crippen LogP contribution in [-0.4, -0.2) is 24.5 Å². The van der Waals surface area contributed by atoms with Gasteiger partial charge in [-0.15, -0.1) is 16.4 Å². The molecule has 1 aliphatic carbocycles. The van der Waals surface area contributed by atoms with E-state index >= 15 is 0 Å². The van der Waals surface area contributed by atoms with Crippen molar-refractivity contribution in [1.82, 2.24) is 19.6 Å². The highest BCUT2D eigenvalue weighted by molar-refractivity contribution is 7.19. The Kier molecular flexibility index (Phi) is 3.75. The molecule has 0 spiro atoms. The predicted molar refractivity (Wildman–Crippen MR) is 100 cm³/mol. The average molecular weight is 381 g/mol. The smallest absolute Gasteiger partial charge is 0.269 e. The van der Waals surface area contributed by atoms with E-state index in [0.29, 0.717) is 11.6 Å². The molecule has 0 saturated heterocycles.